The molecule has 1 aliphatic rings. The van der Waals surface area contributed by atoms with E-state index < -0.39 is 17.7 Å². The summed E-state index contributed by atoms with van der Waals surface area (Å²) in [7, 11) is 6.84. The highest BCUT2D eigenvalue weighted by atomic mass is 16.5. The first-order chi connectivity index (χ1) is 16.8. The van der Waals surface area contributed by atoms with Gasteiger partial charge in [-0.15, -0.1) is 0 Å². The lowest BCUT2D eigenvalue weighted by Crippen LogP contribution is -2.35. The minimum absolute atomic E-state index is 0.0139. The van der Waals surface area contributed by atoms with Crippen molar-refractivity contribution in [2.75, 3.05) is 48.0 Å². The second kappa shape index (κ2) is 11.8. The Bertz CT molecular complexity index is 1080. The van der Waals surface area contributed by atoms with E-state index in [4.69, 9.17) is 14.2 Å². The number of hydrogen-bond acceptors (Lipinski definition) is 7. The van der Waals surface area contributed by atoms with Crippen LogP contribution < -0.4 is 14.2 Å². The van der Waals surface area contributed by atoms with Crippen molar-refractivity contribution in [1.82, 2.24) is 9.80 Å². The van der Waals surface area contributed by atoms with E-state index in [-0.39, 0.29) is 11.3 Å². The highest BCUT2D eigenvalue weighted by molar-refractivity contribution is 6.46. The molecule has 1 fully saturated rings. The van der Waals surface area contributed by atoms with Crippen molar-refractivity contribution >= 4 is 17.4 Å². The molecule has 0 radical (unpaired) electrons. The minimum atomic E-state index is -0.833. The van der Waals surface area contributed by atoms with Crippen LogP contribution in [0.25, 0.3) is 5.76 Å². The number of carbonyl (C=O) groups is 2. The van der Waals surface area contributed by atoms with Crippen LogP contribution in [0.15, 0.2) is 48.0 Å². The first-order valence-corrected chi connectivity index (χ1v) is 11.7. The number of Topliss-reactive ketones (excluding diaryl/α,β-unsaturated/α-hetero) is 1. The molecule has 2 aromatic rings. The quantitative estimate of drug-likeness (QED) is 0.225. The van der Waals surface area contributed by atoms with Crippen molar-refractivity contribution in [3.63, 3.8) is 0 Å². The third kappa shape index (κ3) is 5.77. The molecule has 8 heteroatoms. The number of amides is 1. The number of likely N-dealkylation sites (tertiary alicyclic amines) is 1. The van der Waals surface area contributed by atoms with Crippen LogP contribution in [0.3, 0.4) is 0 Å². The van der Waals surface area contributed by atoms with Crippen LogP contribution in [-0.4, -0.2) is 74.6 Å². The van der Waals surface area contributed by atoms with Gasteiger partial charge in [0.15, 0.2) is 0 Å². The van der Waals surface area contributed by atoms with Gasteiger partial charge in [-0.3, -0.25) is 9.59 Å². The van der Waals surface area contributed by atoms with Gasteiger partial charge in [0.2, 0.25) is 0 Å². The zero-order valence-electron chi connectivity index (χ0n) is 21.0. The van der Waals surface area contributed by atoms with Crippen molar-refractivity contribution in [2.24, 2.45) is 0 Å². The molecular formula is C27H34N2O6. The number of aliphatic hydroxyl groups excluding tert-OH is 1. The van der Waals surface area contributed by atoms with Crippen molar-refractivity contribution in [3.05, 3.63) is 59.2 Å². The van der Waals surface area contributed by atoms with Crippen LogP contribution >= 0.6 is 0 Å². The van der Waals surface area contributed by atoms with Gasteiger partial charge < -0.3 is 29.1 Å². The smallest absolute Gasteiger partial charge is 0.295 e. The topological polar surface area (TPSA) is 88.5 Å². The summed E-state index contributed by atoms with van der Waals surface area (Å²) in [5.41, 5.74) is 0.996. The predicted octanol–water partition coefficient (Wildman–Crippen LogP) is 3.87. The highest BCUT2D eigenvalue weighted by Crippen LogP contribution is 2.43. The maximum atomic E-state index is 13.2. The molecule has 1 saturated heterocycles. The predicted molar refractivity (Wildman–Crippen MR) is 134 cm³/mol. The lowest BCUT2D eigenvalue weighted by atomic mass is 9.94. The standard InChI is InChI=1S/C27H34N2O6/c1-6-7-16-35-19-10-8-18(9-11-19)25(30)23-24(21-17-20(33-4)12-13-22(21)34-5)29(15-14-28(2)3)27(32)26(23)31/h8-13,17,24,30H,6-7,14-16H2,1-5H3/b25-23+/t24-/m0/s1. The molecule has 3 rings (SSSR count). The van der Waals surface area contributed by atoms with Crippen LogP contribution in [0.1, 0.15) is 36.9 Å². The first-order valence-electron chi connectivity index (χ1n) is 11.7. The Morgan fingerprint density at radius 2 is 1.71 bits per heavy atom. The lowest BCUT2D eigenvalue weighted by molar-refractivity contribution is -0.140. The van der Waals surface area contributed by atoms with Gasteiger partial charge >= 0.3 is 0 Å². The fraction of sp³-hybridized carbons (Fsp3) is 0.407. The Hall–Kier alpha value is -3.52. The molecule has 0 unspecified atom stereocenters. The Balaban J connectivity index is 2.11. The number of nitrogens with zero attached hydrogens (tertiary/aromatic N) is 2. The largest absolute Gasteiger partial charge is 0.507 e. The van der Waals surface area contributed by atoms with Crippen LogP contribution in [0.5, 0.6) is 17.2 Å². The average Bonchev–Trinajstić information content (AvgIpc) is 3.11. The molecule has 1 amide bonds. The highest BCUT2D eigenvalue weighted by Gasteiger charge is 2.47. The van der Waals surface area contributed by atoms with E-state index in [0.717, 1.165) is 12.8 Å². The zero-order valence-corrected chi connectivity index (χ0v) is 21.0. The van der Waals surface area contributed by atoms with Gasteiger partial charge in [0.1, 0.15) is 23.0 Å². The summed E-state index contributed by atoms with van der Waals surface area (Å²) in [6.45, 7) is 3.53. The summed E-state index contributed by atoms with van der Waals surface area (Å²) in [5.74, 6) is 0.0611. The van der Waals surface area contributed by atoms with Crippen molar-refractivity contribution in [1.29, 1.82) is 0 Å². The van der Waals surface area contributed by atoms with E-state index >= 15 is 0 Å². The van der Waals surface area contributed by atoms with Crippen LogP contribution in [0.2, 0.25) is 0 Å². The minimum Gasteiger partial charge on any atom is -0.507 e. The number of methoxy groups -OCH3 is 2. The molecule has 1 N–H and O–H groups in total. The van der Waals surface area contributed by atoms with E-state index in [2.05, 4.69) is 6.92 Å². The van der Waals surface area contributed by atoms with E-state index in [0.29, 0.717) is 48.1 Å². The Labute approximate surface area is 206 Å². The summed E-state index contributed by atoms with van der Waals surface area (Å²) in [6, 6.07) is 11.2. The fourth-order valence-electron chi connectivity index (χ4n) is 3.99. The Kier molecular flexibility index (Phi) is 8.76. The molecule has 2 aromatic carbocycles. The maximum Gasteiger partial charge on any atom is 0.295 e. The molecule has 1 heterocycles. The maximum absolute atomic E-state index is 13.2. The van der Waals surface area contributed by atoms with E-state index in [1.165, 1.54) is 12.0 Å². The van der Waals surface area contributed by atoms with Crippen molar-refractivity contribution in [3.8, 4) is 17.2 Å². The average molecular weight is 483 g/mol. The number of likely N-dealkylation sites (N-methyl/N-ethyl adjacent to an activating group) is 1. The molecule has 35 heavy (non-hydrogen) atoms. The molecule has 0 aliphatic carbocycles. The van der Waals surface area contributed by atoms with Gasteiger partial charge in [-0.1, -0.05) is 13.3 Å². The number of ketones is 1. The molecule has 0 saturated carbocycles. The van der Waals surface area contributed by atoms with E-state index in [1.54, 1.807) is 49.6 Å². The number of unbranched alkanes of at least 4 members (excludes halogenated alkanes) is 1. The molecule has 188 valence electrons. The Morgan fingerprint density at radius 1 is 1.03 bits per heavy atom. The molecule has 1 atom stereocenters. The molecule has 8 nitrogen and oxygen atoms in total. The van der Waals surface area contributed by atoms with Gasteiger partial charge in [0, 0.05) is 24.2 Å². The molecular weight excluding hydrogens is 448 g/mol. The van der Waals surface area contributed by atoms with Gasteiger partial charge in [-0.2, -0.15) is 0 Å². The zero-order chi connectivity index (χ0) is 25.5. The fourth-order valence-corrected chi connectivity index (χ4v) is 3.99. The van der Waals surface area contributed by atoms with Gasteiger partial charge in [-0.05, 0) is 63.0 Å². The SMILES string of the molecule is CCCCOc1ccc(/C(O)=C2\C(=O)C(=O)N(CCN(C)C)[C@H]2c2cc(OC)ccc2OC)cc1. The molecule has 0 spiro atoms. The molecule has 0 aromatic heterocycles. The summed E-state index contributed by atoms with van der Waals surface area (Å²) in [4.78, 5) is 29.8. The number of aliphatic hydroxyl groups is 1. The van der Waals surface area contributed by atoms with E-state index in [9.17, 15) is 14.7 Å². The molecule has 0 bridgehead atoms. The third-order valence-electron chi connectivity index (χ3n) is 5.95. The second-order valence-electron chi connectivity index (χ2n) is 8.63. The summed E-state index contributed by atoms with van der Waals surface area (Å²) < 4.78 is 16.7. The number of hydrogen-bond donors (Lipinski definition) is 1. The van der Waals surface area contributed by atoms with Gasteiger partial charge in [-0.25, -0.2) is 0 Å². The lowest BCUT2D eigenvalue weighted by Gasteiger charge is -2.28. The van der Waals surface area contributed by atoms with Gasteiger partial charge in [0.25, 0.3) is 11.7 Å². The summed E-state index contributed by atoms with van der Waals surface area (Å²) >= 11 is 0. The van der Waals surface area contributed by atoms with E-state index in [1.807, 2.05) is 19.0 Å². The second-order valence-corrected chi connectivity index (χ2v) is 8.63. The number of ether oxygens (including phenoxy) is 3. The van der Waals surface area contributed by atoms with Crippen molar-refractivity contribution in [2.45, 2.75) is 25.8 Å². The first kappa shape index (κ1) is 26.1. The van der Waals surface area contributed by atoms with Crippen LogP contribution in [0, 0.1) is 0 Å². The number of rotatable bonds is 11. The Morgan fingerprint density at radius 3 is 2.31 bits per heavy atom. The van der Waals surface area contributed by atoms with Gasteiger partial charge in [0.05, 0.1) is 32.4 Å². The number of benzene rings is 2. The third-order valence-corrected chi connectivity index (χ3v) is 5.95. The normalized spacial score (nSPS) is 17.2. The van der Waals surface area contributed by atoms with Crippen molar-refractivity contribution < 1.29 is 28.9 Å². The molecule has 1 aliphatic heterocycles. The van der Waals surface area contributed by atoms with Crippen LogP contribution in [-0.2, 0) is 9.59 Å². The summed E-state index contributed by atoms with van der Waals surface area (Å²) in [5, 5.41) is 11.3. The van der Waals surface area contributed by atoms with Crippen LogP contribution in [0.4, 0.5) is 0 Å². The monoisotopic (exact) mass is 482 g/mol. The number of carbonyl (C=O) groups excluding carboxylic acids is 2. The summed E-state index contributed by atoms with van der Waals surface area (Å²) in [6.07, 6.45) is 1.97.